The summed E-state index contributed by atoms with van der Waals surface area (Å²) in [7, 11) is 0. The summed E-state index contributed by atoms with van der Waals surface area (Å²) < 4.78 is 0. The number of halogens is 1. The fraction of sp³-hybridized carbons (Fsp3) is 0.500. The molecule has 1 aromatic carbocycles. The lowest BCUT2D eigenvalue weighted by Gasteiger charge is -2.26. The fourth-order valence-electron chi connectivity index (χ4n) is 2.22. The van der Waals surface area contributed by atoms with Crippen LogP contribution in [0.5, 0.6) is 5.75 Å². The first-order chi connectivity index (χ1) is 9.08. The highest BCUT2D eigenvalue weighted by Crippen LogP contribution is 2.26. The van der Waals surface area contributed by atoms with Gasteiger partial charge < -0.3 is 15.3 Å². The van der Waals surface area contributed by atoms with E-state index in [1.54, 1.807) is 19.1 Å². The van der Waals surface area contributed by atoms with Gasteiger partial charge in [-0.1, -0.05) is 11.6 Å². The van der Waals surface area contributed by atoms with Crippen molar-refractivity contribution in [2.75, 3.05) is 32.7 Å². The second kappa shape index (κ2) is 6.37. The zero-order chi connectivity index (χ0) is 13.8. The van der Waals surface area contributed by atoms with Crippen LogP contribution < -0.4 is 5.32 Å². The Morgan fingerprint density at radius 1 is 1.42 bits per heavy atom. The quantitative estimate of drug-likeness (QED) is 0.828. The summed E-state index contributed by atoms with van der Waals surface area (Å²) >= 11 is 6.00. The van der Waals surface area contributed by atoms with Crippen LogP contribution in [-0.2, 0) is 0 Å². The van der Waals surface area contributed by atoms with Crippen LogP contribution in [0.3, 0.4) is 0 Å². The Morgan fingerprint density at radius 2 is 2.11 bits per heavy atom. The Bertz CT molecular complexity index is 471. The summed E-state index contributed by atoms with van der Waals surface area (Å²) in [6, 6.07) is 3.10. The van der Waals surface area contributed by atoms with E-state index in [4.69, 9.17) is 11.6 Å². The standard InChI is InChI=1S/C14H19ClN2O2/c1-10-8-14(19)11(9-12(10)15)13(18)2-5-17-6-3-16-4-7-17/h8-9,16,19H,2-7H2,1H3. The van der Waals surface area contributed by atoms with Crippen LogP contribution in [-0.4, -0.2) is 48.5 Å². The van der Waals surface area contributed by atoms with E-state index in [2.05, 4.69) is 10.2 Å². The van der Waals surface area contributed by atoms with Gasteiger partial charge >= 0.3 is 0 Å². The van der Waals surface area contributed by atoms with Gasteiger partial charge in [-0.25, -0.2) is 0 Å². The zero-order valence-electron chi connectivity index (χ0n) is 11.1. The van der Waals surface area contributed by atoms with Crippen molar-refractivity contribution in [2.24, 2.45) is 0 Å². The maximum atomic E-state index is 12.1. The van der Waals surface area contributed by atoms with Crippen LogP contribution in [0.25, 0.3) is 0 Å². The first-order valence-corrected chi connectivity index (χ1v) is 6.91. The molecule has 0 spiro atoms. The number of carbonyl (C=O) groups is 1. The molecule has 0 aromatic heterocycles. The minimum atomic E-state index is -0.0575. The van der Waals surface area contributed by atoms with Gasteiger partial charge in [0, 0.05) is 44.2 Å². The molecule has 0 saturated carbocycles. The van der Waals surface area contributed by atoms with Crippen molar-refractivity contribution < 1.29 is 9.90 Å². The van der Waals surface area contributed by atoms with E-state index in [9.17, 15) is 9.90 Å². The van der Waals surface area contributed by atoms with Gasteiger partial charge in [0.2, 0.25) is 0 Å². The minimum absolute atomic E-state index is 0.0206. The SMILES string of the molecule is Cc1cc(O)c(C(=O)CCN2CCNCC2)cc1Cl. The number of aromatic hydroxyl groups is 1. The Hall–Kier alpha value is -1.10. The lowest BCUT2D eigenvalue weighted by atomic mass is 10.0. The number of nitrogens with one attached hydrogen (secondary N) is 1. The third kappa shape index (κ3) is 3.69. The Balaban J connectivity index is 1.97. The summed E-state index contributed by atoms with van der Waals surface area (Å²) in [6.45, 7) is 6.40. The van der Waals surface area contributed by atoms with Crippen molar-refractivity contribution in [3.05, 3.63) is 28.3 Å². The molecule has 2 rings (SSSR count). The number of piperazine rings is 1. The fourth-order valence-corrected chi connectivity index (χ4v) is 2.38. The van der Waals surface area contributed by atoms with Crippen LogP contribution in [0.15, 0.2) is 12.1 Å². The maximum Gasteiger partial charge on any atom is 0.167 e. The number of hydrogen-bond acceptors (Lipinski definition) is 4. The molecular weight excluding hydrogens is 264 g/mol. The molecule has 0 aliphatic carbocycles. The van der Waals surface area contributed by atoms with Crippen molar-refractivity contribution in [3.63, 3.8) is 0 Å². The van der Waals surface area contributed by atoms with Gasteiger partial charge in [0.05, 0.1) is 5.56 Å². The molecule has 0 radical (unpaired) electrons. The number of aryl methyl sites for hydroxylation is 1. The highest BCUT2D eigenvalue weighted by Gasteiger charge is 2.16. The predicted octanol–water partition coefficient (Wildman–Crippen LogP) is 1.83. The van der Waals surface area contributed by atoms with E-state index >= 15 is 0 Å². The van der Waals surface area contributed by atoms with Gasteiger partial charge in [-0.2, -0.15) is 0 Å². The monoisotopic (exact) mass is 282 g/mol. The van der Waals surface area contributed by atoms with Crippen molar-refractivity contribution in [2.45, 2.75) is 13.3 Å². The molecule has 5 heteroatoms. The topological polar surface area (TPSA) is 52.6 Å². The maximum absolute atomic E-state index is 12.1. The second-order valence-electron chi connectivity index (χ2n) is 4.88. The molecule has 4 nitrogen and oxygen atoms in total. The van der Waals surface area contributed by atoms with Crippen molar-refractivity contribution >= 4 is 17.4 Å². The second-order valence-corrected chi connectivity index (χ2v) is 5.29. The van der Waals surface area contributed by atoms with E-state index in [1.165, 1.54) is 0 Å². The van der Waals surface area contributed by atoms with E-state index < -0.39 is 0 Å². The number of benzene rings is 1. The van der Waals surface area contributed by atoms with Gasteiger partial charge in [0.15, 0.2) is 5.78 Å². The number of Topliss-reactive ketones (excluding diaryl/α,β-unsaturated/α-hetero) is 1. The molecule has 1 aliphatic heterocycles. The molecule has 1 aromatic rings. The number of rotatable bonds is 4. The van der Waals surface area contributed by atoms with Crippen molar-refractivity contribution in [3.8, 4) is 5.75 Å². The number of ketones is 1. The van der Waals surface area contributed by atoms with Crippen molar-refractivity contribution in [1.82, 2.24) is 10.2 Å². The van der Waals surface area contributed by atoms with Crippen LogP contribution >= 0.6 is 11.6 Å². The molecule has 1 saturated heterocycles. The number of phenols is 1. The molecule has 1 fully saturated rings. The van der Waals surface area contributed by atoms with Gasteiger partial charge in [-0.15, -0.1) is 0 Å². The molecule has 0 unspecified atom stereocenters. The highest BCUT2D eigenvalue weighted by atomic mass is 35.5. The Labute approximate surface area is 118 Å². The van der Waals surface area contributed by atoms with Gasteiger partial charge in [-0.05, 0) is 24.6 Å². The largest absolute Gasteiger partial charge is 0.507 e. The van der Waals surface area contributed by atoms with E-state index in [0.29, 0.717) is 17.0 Å². The zero-order valence-corrected chi connectivity index (χ0v) is 11.8. The molecule has 0 bridgehead atoms. The number of hydrogen-bond donors (Lipinski definition) is 2. The van der Waals surface area contributed by atoms with Gasteiger partial charge in [-0.3, -0.25) is 4.79 Å². The summed E-state index contributed by atoms with van der Waals surface area (Å²) in [5.41, 5.74) is 1.10. The van der Waals surface area contributed by atoms with Gasteiger partial charge in [0.25, 0.3) is 0 Å². The molecule has 2 N–H and O–H groups in total. The Kier molecular flexibility index (Phi) is 4.80. The van der Waals surface area contributed by atoms with Crippen LogP contribution in [0.2, 0.25) is 5.02 Å². The first kappa shape index (κ1) is 14.3. The molecule has 104 valence electrons. The summed E-state index contributed by atoms with van der Waals surface area (Å²) in [5.74, 6) is -0.0369. The van der Waals surface area contributed by atoms with Crippen LogP contribution in [0.4, 0.5) is 0 Å². The smallest absolute Gasteiger partial charge is 0.167 e. The average molecular weight is 283 g/mol. The van der Waals surface area contributed by atoms with Crippen LogP contribution in [0.1, 0.15) is 22.3 Å². The summed E-state index contributed by atoms with van der Waals surface area (Å²) in [5, 5.41) is 13.6. The van der Waals surface area contributed by atoms with Gasteiger partial charge in [0.1, 0.15) is 5.75 Å². The molecular formula is C14H19ClN2O2. The number of phenolic OH excluding ortho intramolecular Hbond substituents is 1. The number of carbonyl (C=O) groups excluding carboxylic acids is 1. The number of nitrogens with zero attached hydrogens (tertiary/aromatic N) is 1. The van der Waals surface area contributed by atoms with Crippen LogP contribution in [0, 0.1) is 6.92 Å². The molecule has 0 amide bonds. The third-order valence-corrected chi connectivity index (χ3v) is 3.85. The highest BCUT2D eigenvalue weighted by molar-refractivity contribution is 6.31. The first-order valence-electron chi connectivity index (χ1n) is 6.53. The van der Waals surface area contributed by atoms with E-state index in [1.807, 2.05) is 0 Å². The van der Waals surface area contributed by atoms with E-state index in [0.717, 1.165) is 38.3 Å². The molecule has 1 aliphatic rings. The normalized spacial score (nSPS) is 16.5. The lowest BCUT2D eigenvalue weighted by Crippen LogP contribution is -2.44. The molecule has 1 heterocycles. The van der Waals surface area contributed by atoms with Crippen molar-refractivity contribution in [1.29, 1.82) is 0 Å². The predicted molar refractivity (Wildman–Crippen MR) is 76.1 cm³/mol. The van der Waals surface area contributed by atoms with E-state index in [-0.39, 0.29) is 11.5 Å². The average Bonchev–Trinajstić information content (AvgIpc) is 2.41. The third-order valence-electron chi connectivity index (χ3n) is 3.44. The molecule has 0 atom stereocenters. The minimum Gasteiger partial charge on any atom is -0.507 e. The summed E-state index contributed by atoms with van der Waals surface area (Å²) in [6.07, 6.45) is 0.410. The molecule has 19 heavy (non-hydrogen) atoms. The summed E-state index contributed by atoms with van der Waals surface area (Å²) in [4.78, 5) is 14.4. The Morgan fingerprint density at radius 3 is 2.79 bits per heavy atom. The lowest BCUT2D eigenvalue weighted by molar-refractivity contribution is 0.0958.